The summed E-state index contributed by atoms with van der Waals surface area (Å²) in [6.45, 7) is 2.15. The molecule has 0 radical (unpaired) electrons. The first kappa shape index (κ1) is 12.5. The van der Waals surface area contributed by atoms with Crippen LogP contribution < -0.4 is 5.73 Å². The zero-order valence-electron chi connectivity index (χ0n) is 9.95. The lowest BCUT2D eigenvalue weighted by Gasteiger charge is -2.22. The molecule has 0 amide bonds. The van der Waals surface area contributed by atoms with Crippen molar-refractivity contribution in [3.05, 3.63) is 21.9 Å². The molecule has 0 spiro atoms. The van der Waals surface area contributed by atoms with Crippen LogP contribution in [0.4, 0.5) is 0 Å². The van der Waals surface area contributed by atoms with Crippen LogP contribution in [0.25, 0.3) is 0 Å². The van der Waals surface area contributed by atoms with Crippen molar-refractivity contribution in [3.8, 4) is 0 Å². The molecule has 1 heterocycles. The fourth-order valence-electron chi connectivity index (χ4n) is 2.21. The average Bonchev–Trinajstić information content (AvgIpc) is 2.74. The molecule has 0 aliphatic heterocycles. The summed E-state index contributed by atoms with van der Waals surface area (Å²) in [6, 6.07) is 4.60. The lowest BCUT2D eigenvalue weighted by molar-refractivity contribution is 0.515. The van der Waals surface area contributed by atoms with Gasteiger partial charge in [0.05, 0.1) is 0 Å². The van der Waals surface area contributed by atoms with Crippen LogP contribution in [-0.4, -0.2) is 11.0 Å². The Morgan fingerprint density at radius 3 is 2.75 bits per heavy atom. The summed E-state index contributed by atoms with van der Waals surface area (Å²) in [5.74, 6) is 1.09. The second-order valence-corrected chi connectivity index (χ2v) is 7.30. The highest BCUT2D eigenvalue weighted by atomic mass is 32.2. The topological polar surface area (TPSA) is 26.0 Å². The van der Waals surface area contributed by atoms with Gasteiger partial charge in [-0.05, 0) is 31.9 Å². The van der Waals surface area contributed by atoms with Crippen LogP contribution in [0.1, 0.15) is 47.9 Å². The maximum atomic E-state index is 6.22. The molecule has 1 atom stereocenters. The molecule has 90 valence electrons. The monoisotopic (exact) mass is 255 g/mol. The van der Waals surface area contributed by atoms with Gasteiger partial charge in [-0.25, -0.2) is 0 Å². The Balaban J connectivity index is 1.76. The van der Waals surface area contributed by atoms with Gasteiger partial charge in [0.2, 0.25) is 0 Å². The molecule has 1 aliphatic carbocycles. The van der Waals surface area contributed by atoms with Crippen LogP contribution in [0.2, 0.25) is 0 Å². The van der Waals surface area contributed by atoms with E-state index in [1.165, 1.54) is 41.9 Å². The van der Waals surface area contributed by atoms with E-state index >= 15 is 0 Å². The van der Waals surface area contributed by atoms with E-state index in [1.807, 2.05) is 11.3 Å². The second kappa shape index (κ2) is 6.08. The lowest BCUT2D eigenvalue weighted by atomic mass is 10.0. The molecule has 1 saturated carbocycles. The van der Waals surface area contributed by atoms with Crippen LogP contribution in [0.3, 0.4) is 0 Å². The lowest BCUT2D eigenvalue weighted by Crippen LogP contribution is -2.16. The number of nitrogens with two attached hydrogens (primary N) is 1. The maximum Gasteiger partial charge on any atom is 0.0481 e. The molecule has 0 bridgehead atoms. The Kier molecular flexibility index (Phi) is 4.74. The van der Waals surface area contributed by atoms with Crippen LogP contribution in [0.5, 0.6) is 0 Å². The molecule has 0 aromatic carbocycles. The smallest absolute Gasteiger partial charge is 0.0481 e. The predicted molar refractivity (Wildman–Crippen MR) is 75.3 cm³/mol. The molecule has 1 nitrogen and oxygen atoms in total. The first-order chi connectivity index (χ1) is 7.75. The van der Waals surface area contributed by atoms with Crippen molar-refractivity contribution in [1.29, 1.82) is 0 Å². The van der Waals surface area contributed by atoms with Gasteiger partial charge in [0.15, 0.2) is 0 Å². The van der Waals surface area contributed by atoms with Gasteiger partial charge >= 0.3 is 0 Å². The molecule has 1 aromatic heterocycles. The van der Waals surface area contributed by atoms with Gasteiger partial charge in [0, 0.05) is 26.8 Å². The standard InChI is InChI=1S/C13H21NS2/c1-10-7-8-13(16-10)12(14)9-15-11-5-3-2-4-6-11/h7-8,11-12H,2-6,9,14H2,1H3. The normalized spacial score (nSPS) is 19.9. The Morgan fingerprint density at radius 2 is 2.12 bits per heavy atom. The van der Waals surface area contributed by atoms with Crippen LogP contribution in [0, 0.1) is 6.92 Å². The molecule has 0 saturated heterocycles. The van der Waals surface area contributed by atoms with Gasteiger partial charge in [-0.3, -0.25) is 0 Å². The maximum absolute atomic E-state index is 6.22. The summed E-state index contributed by atoms with van der Waals surface area (Å²) < 4.78 is 0. The molecule has 2 N–H and O–H groups in total. The van der Waals surface area contributed by atoms with Gasteiger partial charge in [0.1, 0.15) is 0 Å². The molecule has 1 unspecified atom stereocenters. The Morgan fingerprint density at radius 1 is 1.38 bits per heavy atom. The molecule has 1 aliphatic rings. The number of thioether (sulfide) groups is 1. The SMILES string of the molecule is Cc1ccc(C(N)CSC2CCCCC2)s1. The van der Waals surface area contributed by atoms with Crippen molar-refractivity contribution in [2.45, 2.75) is 50.3 Å². The first-order valence-electron chi connectivity index (χ1n) is 6.19. The zero-order valence-corrected chi connectivity index (χ0v) is 11.6. The zero-order chi connectivity index (χ0) is 11.4. The van der Waals surface area contributed by atoms with Gasteiger partial charge in [-0.1, -0.05) is 19.3 Å². The fraction of sp³-hybridized carbons (Fsp3) is 0.692. The van der Waals surface area contributed by atoms with Crippen molar-refractivity contribution >= 4 is 23.1 Å². The summed E-state index contributed by atoms with van der Waals surface area (Å²) >= 11 is 3.94. The third-order valence-corrected chi connectivity index (χ3v) is 5.82. The minimum absolute atomic E-state index is 0.241. The van der Waals surface area contributed by atoms with Crippen molar-refractivity contribution in [2.24, 2.45) is 5.73 Å². The molecular formula is C13H21NS2. The molecule has 1 aromatic rings. The molecule has 2 rings (SSSR count). The van der Waals surface area contributed by atoms with Gasteiger partial charge in [-0.15, -0.1) is 11.3 Å². The van der Waals surface area contributed by atoms with E-state index < -0.39 is 0 Å². The minimum atomic E-state index is 0.241. The highest BCUT2D eigenvalue weighted by molar-refractivity contribution is 7.99. The molecule has 3 heteroatoms. The average molecular weight is 255 g/mol. The van der Waals surface area contributed by atoms with Crippen molar-refractivity contribution in [2.75, 3.05) is 5.75 Å². The van der Waals surface area contributed by atoms with Crippen LogP contribution in [0.15, 0.2) is 12.1 Å². The molecular weight excluding hydrogens is 234 g/mol. The summed E-state index contributed by atoms with van der Waals surface area (Å²) in [4.78, 5) is 2.72. The number of thiophene rings is 1. The summed E-state index contributed by atoms with van der Waals surface area (Å²) in [5, 5.41) is 0.876. The van der Waals surface area contributed by atoms with Crippen molar-refractivity contribution in [3.63, 3.8) is 0 Å². The van der Waals surface area contributed by atoms with Gasteiger partial charge in [0.25, 0.3) is 0 Å². The van der Waals surface area contributed by atoms with Crippen LogP contribution >= 0.6 is 23.1 Å². The quantitative estimate of drug-likeness (QED) is 0.875. The molecule has 16 heavy (non-hydrogen) atoms. The van der Waals surface area contributed by atoms with E-state index in [1.54, 1.807) is 0 Å². The van der Waals surface area contributed by atoms with Gasteiger partial charge in [-0.2, -0.15) is 11.8 Å². The minimum Gasteiger partial charge on any atom is -0.323 e. The van der Waals surface area contributed by atoms with E-state index in [0.717, 1.165) is 11.0 Å². The van der Waals surface area contributed by atoms with E-state index in [2.05, 4.69) is 30.8 Å². The van der Waals surface area contributed by atoms with E-state index in [4.69, 9.17) is 5.73 Å². The van der Waals surface area contributed by atoms with E-state index in [9.17, 15) is 0 Å². The largest absolute Gasteiger partial charge is 0.323 e. The first-order valence-corrected chi connectivity index (χ1v) is 8.06. The predicted octanol–water partition coefficient (Wildman–Crippen LogP) is 4.12. The van der Waals surface area contributed by atoms with Crippen molar-refractivity contribution in [1.82, 2.24) is 0 Å². The number of hydrogen-bond donors (Lipinski definition) is 1. The third-order valence-electron chi connectivity index (χ3n) is 3.19. The number of hydrogen-bond acceptors (Lipinski definition) is 3. The van der Waals surface area contributed by atoms with E-state index in [0.29, 0.717) is 0 Å². The fourth-order valence-corrected chi connectivity index (χ4v) is 4.52. The van der Waals surface area contributed by atoms with E-state index in [-0.39, 0.29) is 6.04 Å². The Bertz CT molecular complexity index is 315. The number of rotatable bonds is 4. The highest BCUT2D eigenvalue weighted by Gasteiger charge is 2.16. The molecule has 1 fully saturated rings. The highest BCUT2D eigenvalue weighted by Crippen LogP contribution is 2.31. The third kappa shape index (κ3) is 3.51. The van der Waals surface area contributed by atoms with Crippen molar-refractivity contribution < 1.29 is 0 Å². The summed E-state index contributed by atoms with van der Waals surface area (Å²) in [6.07, 6.45) is 7.09. The van der Waals surface area contributed by atoms with Crippen LogP contribution in [-0.2, 0) is 0 Å². The summed E-state index contributed by atoms with van der Waals surface area (Å²) in [5.41, 5.74) is 6.22. The van der Waals surface area contributed by atoms with Gasteiger partial charge < -0.3 is 5.73 Å². The number of aryl methyl sites for hydroxylation is 1. The Hall–Kier alpha value is 0.01000. The second-order valence-electron chi connectivity index (χ2n) is 4.65. The summed E-state index contributed by atoms with van der Waals surface area (Å²) in [7, 11) is 0. The Labute approximate surface area is 107 Å².